The number of aldehydes is 2. The highest BCUT2D eigenvalue weighted by atomic mass is 79.9. The van der Waals surface area contributed by atoms with Gasteiger partial charge in [0.2, 0.25) is 0 Å². The number of esters is 4. The van der Waals surface area contributed by atoms with Crippen molar-refractivity contribution in [2.75, 3.05) is 13.2 Å². The van der Waals surface area contributed by atoms with Gasteiger partial charge in [-0.1, -0.05) is 31.9 Å². The van der Waals surface area contributed by atoms with Crippen LogP contribution in [-0.4, -0.2) is 49.7 Å². The molecule has 0 aliphatic carbocycles. The Kier molecular flexibility index (Phi) is 11.7. The number of hydrogen-bond acceptors (Lipinski definition) is 10. The van der Waals surface area contributed by atoms with Gasteiger partial charge in [-0.25, -0.2) is 9.59 Å². The van der Waals surface area contributed by atoms with Crippen LogP contribution in [0.15, 0.2) is 57.5 Å². The van der Waals surface area contributed by atoms with Gasteiger partial charge in [-0.3, -0.25) is 19.2 Å². The fourth-order valence-electron chi connectivity index (χ4n) is 2.42. The van der Waals surface area contributed by atoms with Gasteiger partial charge in [-0.15, -0.1) is 0 Å². The van der Waals surface area contributed by atoms with Crippen molar-refractivity contribution in [2.24, 2.45) is 0 Å². The van der Waals surface area contributed by atoms with E-state index >= 15 is 0 Å². The molecule has 0 saturated carbocycles. The summed E-state index contributed by atoms with van der Waals surface area (Å²) in [5.41, 5.74) is 0.608. The van der Waals surface area contributed by atoms with E-state index in [9.17, 15) is 28.8 Å². The molecule has 12 heteroatoms. The average Bonchev–Trinajstić information content (AvgIpc) is 2.85. The minimum absolute atomic E-state index is 0.158. The first-order chi connectivity index (χ1) is 17.2. The molecule has 0 heterocycles. The van der Waals surface area contributed by atoms with Gasteiger partial charge in [0.1, 0.15) is 24.7 Å². The van der Waals surface area contributed by atoms with Gasteiger partial charge in [0.05, 0.1) is 12.8 Å². The summed E-state index contributed by atoms with van der Waals surface area (Å²) in [7, 11) is 0. The summed E-state index contributed by atoms with van der Waals surface area (Å²) in [5, 5.41) is 0. The van der Waals surface area contributed by atoms with Crippen molar-refractivity contribution < 1.29 is 47.7 Å². The highest BCUT2D eigenvalue weighted by molar-refractivity contribution is 9.10. The molecule has 2 aromatic carbocycles. The Balaban J connectivity index is 1.64. The van der Waals surface area contributed by atoms with Crippen molar-refractivity contribution in [1.29, 1.82) is 0 Å². The lowest BCUT2D eigenvalue weighted by Gasteiger charge is -2.06. The predicted molar refractivity (Wildman–Crippen MR) is 131 cm³/mol. The van der Waals surface area contributed by atoms with Gasteiger partial charge in [0, 0.05) is 32.2 Å². The first-order valence-electron chi connectivity index (χ1n) is 10.1. The Hall–Kier alpha value is -3.64. The number of ether oxygens (including phenoxy) is 4. The first kappa shape index (κ1) is 28.6. The third kappa shape index (κ3) is 9.92. The fraction of sp³-hybridized carbons (Fsp3) is 0.167. The second kappa shape index (κ2) is 14.7. The van der Waals surface area contributed by atoms with E-state index in [4.69, 9.17) is 18.9 Å². The van der Waals surface area contributed by atoms with E-state index in [0.29, 0.717) is 32.6 Å². The van der Waals surface area contributed by atoms with Crippen LogP contribution in [0.4, 0.5) is 0 Å². The molecule has 0 N–H and O–H groups in total. The van der Waals surface area contributed by atoms with Crippen molar-refractivity contribution in [3.8, 4) is 11.5 Å². The molecule has 36 heavy (non-hydrogen) atoms. The largest absolute Gasteiger partial charge is 0.462 e. The third-order valence-electron chi connectivity index (χ3n) is 4.11. The van der Waals surface area contributed by atoms with Gasteiger partial charge < -0.3 is 18.9 Å². The maximum atomic E-state index is 11.8. The number of rotatable bonds is 12. The first-order valence-corrected chi connectivity index (χ1v) is 11.7. The molecule has 2 rings (SSSR count). The minimum Gasteiger partial charge on any atom is -0.462 e. The summed E-state index contributed by atoms with van der Waals surface area (Å²) in [6, 6.07) is 8.82. The molecule has 0 spiro atoms. The van der Waals surface area contributed by atoms with Gasteiger partial charge >= 0.3 is 23.9 Å². The lowest BCUT2D eigenvalue weighted by Crippen LogP contribution is -2.14. The minimum atomic E-state index is -0.896. The van der Waals surface area contributed by atoms with Gasteiger partial charge in [-0.2, -0.15) is 0 Å². The van der Waals surface area contributed by atoms with E-state index in [1.165, 1.54) is 24.3 Å². The second-order valence-corrected chi connectivity index (χ2v) is 8.43. The Labute approximate surface area is 221 Å². The van der Waals surface area contributed by atoms with Crippen LogP contribution in [0, 0.1) is 0 Å². The van der Waals surface area contributed by atoms with E-state index in [0.717, 1.165) is 12.2 Å². The maximum Gasteiger partial charge on any atom is 0.331 e. The molecule has 2 aromatic rings. The molecule has 10 nitrogen and oxygen atoms in total. The van der Waals surface area contributed by atoms with Crippen LogP contribution in [0.1, 0.15) is 33.6 Å². The molecular formula is C24H18Br2O10. The Bertz CT molecular complexity index is 1100. The van der Waals surface area contributed by atoms with Crippen molar-refractivity contribution in [1.82, 2.24) is 0 Å². The molecule has 0 atom stereocenters. The summed E-state index contributed by atoms with van der Waals surface area (Å²) in [6.07, 6.45) is 2.29. The van der Waals surface area contributed by atoms with Gasteiger partial charge in [-0.05, 0) is 36.4 Å². The van der Waals surface area contributed by atoms with E-state index < -0.39 is 23.9 Å². The van der Waals surface area contributed by atoms with E-state index in [1.807, 2.05) is 0 Å². The van der Waals surface area contributed by atoms with Crippen LogP contribution in [-0.2, 0) is 28.7 Å². The number of halogens is 2. The van der Waals surface area contributed by atoms with Crippen LogP contribution >= 0.6 is 31.9 Å². The lowest BCUT2D eigenvalue weighted by atomic mass is 10.2. The molecule has 0 unspecified atom stereocenters. The molecule has 0 saturated heterocycles. The predicted octanol–water partition coefficient (Wildman–Crippen LogP) is 3.77. The molecule has 0 bridgehead atoms. The third-order valence-corrected chi connectivity index (χ3v) is 5.55. The van der Waals surface area contributed by atoms with E-state index in [1.54, 1.807) is 12.1 Å². The summed E-state index contributed by atoms with van der Waals surface area (Å²) >= 11 is 6.36. The number of carbonyl (C=O) groups excluding carboxylic acids is 6. The topological polar surface area (TPSA) is 139 Å². The Morgan fingerprint density at radius 2 is 1.06 bits per heavy atom. The zero-order chi connectivity index (χ0) is 26.5. The normalized spacial score (nSPS) is 10.4. The molecular weight excluding hydrogens is 608 g/mol. The molecule has 0 amide bonds. The molecule has 0 aromatic heterocycles. The summed E-state index contributed by atoms with van der Waals surface area (Å²) in [5.74, 6) is -2.86. The maximum absolute atomic E-state index is 11.8. The number of benzene rings is 2. The summed E-state index contributed by atoms with van der Waals surface area (Å²) in [6.45, 7) is -0.607. The summed E-state index contributed by atoms with van der Waals surface area (Å²) < 4.78 is 20.8. The van der Waals surface area contributed by atoms with Crippen LogP contribution in [0.2, 0.25) is 0 Å². The quantitative estimate of drug-likeness (QED) is 0.148. The van der Waals surface area contributed by atoms with Gasteiger partial charge in [0.25, 0.3) is 0 Å². The number of hydrogen-bond donors (Lipinski definition) is 0. The zero-order valence-electron chi connectivity index (χ0n) is 18.4. The smallest absolute Gasteiger partial charge is 0.331 e. The molecule has 188 valence electrons. The zero-order valence-corrected chi connectivity index (χ0v) is 21.6. The fourth-order valence-corrected chi connectivity index (χ4v) is 3.10. The van der Waals surface area contributed by atoms with Crippen molar-refractivity contribution >= 4 is 68.3 Å². The average molecular weight is 626 g/mol. The molecule has 0 fully saturated rings. The van der Waals surface area contributed by atoms with Crippen LogP contribution in [0.25, 0.3) is 0 Å². The standard InChI is InChI=1S/C24H18Br2O10/c25-19-3-1-17(11-15(19)13-27)35-23(31)7-9-33-21(29)5-6-22(30)34-10-8-24(32)36-18-2-4-20(26)16(12-18)14-28/h1-6,11-14H,7-10H2/b6-5+. The van der Waals surface area contributed by atoms with Crippen LogP contribution in [0.3, 0.4) is 0 Å². The van der Waals surface area contributed by atoms with Crippen molar-refractivity contribution in [3.63, 3.8) is 0 Å². The van der Waals surface area contributed by atoms with E-state index in [2.05, 4.69) is 31.9 Å². The van der Waals surface area contributed by atoms with Crippen molar-refractivity contribution in [3.05, 3.63) is 68.6 Å². The Morgan fingerprint density at radius 3 is 1.42 bits per heavy atom. The van der Waals surface area contributed by atoms with Gasteiger partial charge in [0.15, 0.2) is 12.6 Å². The number of carbonyl (C=O) groups is 6. The molecule has 0 aliphatic heterocycles. The molecule has 0 radical (unpaired) electrons. The summed E-state index contributed by atoms with van der Waals surface area (Å²) in [4.78, 5) is 68.8. The van der Waals surface area contributed by atoms with Crippen LogP contribution in [0.5, 0.6) is 11.5 Å². The highest BCUT2D eigenvalue weighted by Crippen LogP contribution is 2.22. The SMILES string of the molecule is O=Cc1cc(OC(=O)CCOC(=O)/C=C/C(=O)OCCC(=O)Oc2ccc(Br)c(C=O)c2)ccc1Br. The highest BCUT2D eigenvalue weighted by Gasteiger charge is 2.11. The Morgan fingerprint density at radius 1 is 0.667 bits per heavy atom. The lowest BCUT2D eigenvalue weighted by molar-refractivity contribution is -0.144. The molecule has 0 aliphatic rings. The monoisotopic (exact) mass is 624 g/mol. The van der Waals surface area contributed by atoms with Crippen molar-refractivity contribution in [2.45, 2.75) is 12.8 Å². The van der Waals surface area contributed by atoms with E-state index in [-0.39, 0.29) is 37.6 Å². The van der Waals surface area contributed by atoms with Crippen LogP contribution < -0.4 is 9.47 Å². The second-order valence-electron chi connectivity index (χ2n) is 6.72.